The Hall–Kier alpha value is -3.82. The SMILES string of the molecule is CC1=Cc2c(-c3ccccc3)cc(-n3cnnn3)cc2[C@@H]1[Zr+2]([C@H]1C(C)=Cc2c(-c3ccccc3)cc(-n3cnnn3)cc21)=[Si](C)C.[Cl-].[Cl-]. The summed E-state index contributed by atoms with van der Waals surface area (Å²) in [6, 6.07) is 30.6. The first kappa shape index (κ1) is 34.1. The summed E-state index contributed by atoms with van der Waals surface area (Å²) in [6.45, 7) is 9.85. The van der Waals surface area contributed by atoms with Crippen molar-refractivity contribution >= 4 is 17.6 Å². The van der Waals surface area contributed by atoms with E-state index >= 15 is 0 Å². The Kier molecular flexibility index (Phi) is 9.91. The van der Waals surface area contributed by atoms with Gasteiger partial charge >= 0.3 is 277 Å². The van der Waals surface area contributed by atoms with Crippen LogP contribution in [-0.4, -0.2) is 45.8 Å². The van der Waals surface area contributed by atoms with Crippen molar-refractivity contribution in [3.63, 3.8) is 0 Å². The fourth-order valence-corrected chi connectivity index (χ4v) is 28.0. The number of halogens is 2. The van der Waals surface area contributed by atoms with Crippen molar-refractivity contribution < 1.29 is 45.2 Å². The Morgan fingerprint density at radius 1 is 0.604 bits per heavy atom. The van der Waals surface area contributed by atoms with Gasteiger partial charge in [0.25, 0.3) is 0 Å². The average molecular weight is 767 g/mol. The van der Waals surface area contributed by atoms with Gasteiger partial charge in [-0.3, -0.25) is 0 Å². The molecule has 0 aliphatic heterocycles. The van der Waals surface area contributed by atoms with Gasteiger partial charge in [-0.05, 0) is 0 Å². The van der Waals surface area contributed by atoms with E-state index in [0.717, 1.165) is 11.4 Å². The van der Waals surface area contributed by atoms with Gasteiger partial charge in [0.2, 0.25) is 0 Å². The van der Waals surface area contributed by atoms with Crippen LogP contribution in [-0.2, 0) is 20.4 Å². The monoisotopic (exact) mass is 764 g/mol. The second-order valence-corrected chi connectivity index (χ2v) is 30.2. The van der Waals surface area contributed by atoms with Crippen LogP contribution in [0.2, 0.25) is 13.1 Å². The second kappa shape index (κ2) is 14.0. The molecular weight excluding hydrogens is 735 g/mol. The quantitative estimate of drug-likeness (QED) is 0.239. The number of benzene rings is 4. The summed E-state index contributed by atoms with van der Waals surface area (Å²) in [4.78, 5) is 0. The van der Waals surface area contributed by atoms with E-state index in [1.807, 2.05) is 0 Å². The largest absolute Gasteiger partial charge is 1.00 e. The molecule has 0 amide bonds. The van der Waals surface area contributed by atoms with Gasteiger partial charge in [-0.2, -0.15) is 0 Å². The molecule has 0 radical (unpaired) electrons. The van der Waals surface area contributed by atoms with E-state index in [2.05, 4.69) is 155 Å². The summed E-state index contributed by atoms with van der Waals surface area (Å²) in [6.07, 6.45) is 8.33. The van der Waals surface area contributed by atoms with Gasteiger partial charge in [0.15, 0.2) is 0 Å². The Labute approximate surface area is 300 Å². The Morgan fingerprint density at radius 2 is 1.02 bits per heavy atom. The van der Waals surface area contributed by atoms with E-state index in [1.54, 1.807) is 22.0 Å². The number of allylic oxidation sites excluding steroid dienone is 2. The van der Waals surface area contributed by atoms with Crippen molar-refractivity contribution in [2.45, 2.75) is 34.2 Å². The number of aromatic nitrogens is 8. The third-order valence-corrected chi connectivity index (χ3v) is 29.2. The Morgan fingerprint density at radius 3 is 1.38 bits per heavy atom. The van der Waals surface area contributed by atoms with Gasteiger partial charge in [-0.15, -0.1) is 0 Å². The van der Waals surface area contributed by atoms with Crippen molar-refractivity contribution in [1.29, 1.82) is 0 Å². The molecule has 0 fully saturated rings. The molecule has 4 aromatic carbocycles. The Bertz CT molecular complexity index is 2050. The minimum Gasteiger partial charge on any atom is -1.00 e. The molecule has 0 saturated heterocycles. The maximum atomic E-state index is 4.30. The first-order valence-corrected chi connectivity index (χ1v) is 24.5. The van der Waals surface area contributed by atoms with Gasteiger partial charge in [0.1, 0.15) is 0 Å². The first-order chi connectivity index (χ1) is 22.5. The second-order valence-electron chi connectivity index (χ2n) is 12.3. The van der Waals surface area contributed by atoms with Crippen LogP contribution in [0, 0.1) is 0 Å². The molecule has 2 atom stereocenters. The van der Waals surface area contributed by atoms with Gasteiger partial charge in [0.05, 0.1) is 0 Å². The summed E-state index contributed by atoms with van der Waals surface area (Å²) in [7, 11) is 0. The molecule has 8 nitrogen and oxygen atoms in total. The van der Waals surface area contributed by atoms with Crippen LogP contribution in [0.3, 0.4) is 0 Å². The van der Waals surface area contributed by atoms with Crippen molar-refractivity contribution in [2.75, 3.05) is 0 Å². The number of rotatable bonds is 6. The van der Waals surface area contributed by atoms with Crippen LogP contribution in [0.15, 0.2) is 109 Å². The molecule has 48 heavy (non-hydrogen) atoms. The van der Waals surface area contributed by atoms with Crippen LogP contribution in [0.1, 0.15) is 43.4 Å². The van der Waals surface area contributed by atoms with Crippen molar-refractivity contribution in [1.82, 2.24) is 40.4 Å². The first-order valence-electron chi connectivity index (χ1n) is 15.4. The molecule has 0 saturated carbocycles. The average Bonchev–Trinajstić information content (AvgIpc) is 3.89. The number of hydrogen-bond donors (Lipinski definition) is 0. The third-order valence-electron chi connectivity index (χ3n) is 9.27. The molecule has 2 aliphatic rings. The minimum absolute atomic E-state index is 0. The van der Waals surface area contributed by atoms with Crippen LogP contribution < -0.4 is 24.8 Å². The molecule has 0 N–H and O–H groups in total. The minimum atomic E-state index is -2.41. The molecule has 2 heterocycles. The normalized spacial score (nSPS) is 15.6. The van der Waals surface area contributed by atoms with Crippen LogP contribution >= 0.6 is 0 Å². The zero-order valence-corrected chi connectivity index (χ0v) is 31.9. The molecular formula is C36H32Cl2N8SiZr. The molecule has 0 spiro atoms. The number of hydrogen-bond acceptors (Lipinski definition) is 6. The van der Waals surface area contributed by atoms with E-state index in [0.29, 0.717) is 7.25 Å². The van der Waals surface area contributed by atoms with E-state index in [4.69, 9.17) is 0 Å². The predicted molar refractivity (Wildman–Crippen MR) is 179 cm³/mol. The smallest absolute Gasteiger partial charge is 1.00 e. The molecule has 12 heteroatoms. The van der Waals surface area contributed by atoms with E-state index in [-0.39, 0.29) is 24.8 Å². The molecule has 0 bridgehead atoms. The molecule has 8 rings (SSSR count). The Balaban J connectivity index is 0.00000201. The predicted octanol–water partition coefficient (Wildman–Crippen LogP) is 1.47. The maximum absolute atomic E-state index is 4.30. The summed E-state index contributed by atoms with van der Waals surface area (Å²) in [5.41, 5.74) is 14.8. The molecule has 6 aromatic rings. The van der Waals surface area contributed by atoms with E-state index in [1.165, 1.54) is 55.7 Å². The maximum Gasteiger partial charge on any atom is -1.00 e. The molecule has 2 aliphatic carbocycles. The fourth-order valence-electron chi connectivity index (χ4n) is 7.34. The van der Waals surface area contributed by atoms with Gasteiger partial charge in [0, 0.05) is 0 Å². The topological polar surface area (TPSA) is 87.2 Å². The standard InChI is InChI=1S/2C17H13N4.C2H6Si.2ClH.Zr/c2*1-12-7-14-9-15(21-11-18-19-20-21)10-17(16(14)8-12)13-5-3-2-4-6-13;1-3-2;;;/h2*2-11H,1H3;1-2H3;2*1H;/q;;;;;+2/p-2. The zero-order valence-electron chi connectivity index (χ0n) is 26.9. The molecule has 2 aromatic heterocycles. The molecule has 238 valence electrons. The van der Waals surface area contributed by atoms with Crippen LogP contribution in [0.25, 0.3) is 45.8 Å². The van der Waals surface area contributed by atoms with E-state index < -0.39 is 25.8 Å². The van der Waals surface area contributed by atoms with Gasteiger partial charge in [-0.1, -0.05) is 0 Å². The van der Waals surface area contributed by atoms with E-state index in [9.17, 15) is 0 Å². The zero-order chi connectivity index (χ0) is 31.4. The third kappa shape index (κ3) is 5.89. The van der Waals surface area contributed by atoms with Gasteiger partial charge in [-0.25, -0.2) is 0 Å². The van der Waals surface area contributed by atoms with Crippen molar-refractivity contribution in [3.8, 4) is 33.6 Å². The van der Waals surface area contributed by atoms with Crippen molar-refractivity contribution in [2.24, 2.45) is 0 Å². The molecule has 0 unspecified atom stereocenters. The summed E-state index contributed by atoms with van der Waals surface area (Å²) < 4.78 is 4.48. The van der Waals surface area contributed by atoms with Crippen molar-refractivity contribution in [3.05, 3.63) is 131 Å². The summed E-state index contributed by atoms with van der Waals surface area (Å²) in [5.74, 6) is 0. The fraction of sp³-hybridized carbons (Fsp3) is 0.167. The number of tetrazole rings is 2. The van der Waals surface area contributed by atoms with Crippen LogP contribution in [0.5, 0.6) is 0 Å². The number of nitrogens with zero attached hydrogens (tertiary/aromatic N) is 8. The summed E-state index contributed by atoms with van der Waals surface area (Å²) in [5, 5.41) is 24.5. The summed E-state index contributed by atoms with van der Waals surface area (Å²) >= 11 is -2.41. The number of fused-ring (bicyclic) bond motifs is 2. The van der Waals surface area contributed by atoms with Crippen LogP contribution in [0.4, 0.5) is 0 Å². The van der Waals surface area contributed by atoms with Gasteiger partial charge < -0.3 is 24.8 Å².